The topological polar surface area (TPSA) is 51.0 Å². The van der Waals surface area contributed by atoms with Gasteiger partial charge in [0, 0.05) is 37.9 Å². The van der Waals surface area contributed by atoms with E-state index in [9.17, 15) is 0 Å². The largest absolute Gasteiger partial charge is 0.454 e. The Morgan fingerprint density at radius 3 is 2.78 bits per heavy atom. The minimum Gasteiger partial charge on any atom is -0.454 e. The molecule has 0 unspecified atom stereocenters. The molecule has 1 saturated carbocycles. The van der Waals surface area contributed by atoms with Crippen LogP contribution in [0.15, 0.2) is 41.5 Å². The van der Waals surface area contributed by atoms with Gasteiger partial charge in [0.05, 0.1) is 13.1 Å². The molecule has 0 atom stereocenters. The van der Waals surface area contributed by atoms with Gasteiger partial charge >= 0.3 is 0 Å². The summed E-state index contributed by atoms with van der Waals surface area (Å²) >= 11 is 0. The zero-order valence-corrected chi connectivity index (χ0v) is 16.4. The molecule has 4 rings (SSSR count). The summed E-state index contributed by atoms with van der Waals surface area (Å²) in [5, 5.41) is 3.43. The first-order valence-corrected chi connectivity index (χ1v) is 9.61. The summed E-state index contributed by atoms with van der Waals surface area (Å²) in [7, 11) is 4.17. The molecular formula is C21H28N4O2. The molecule has 144 valence electrons. The van der Waals surface area contributed by atoms with Gasteiger partial charge in [-0.05, 0) is 49.6 Å². The van der Waals surface area contributed by atoms with Gasteiger partial charge in [-0.2, -0.15) is 0 Å². The van der Waals surface area contributed by atoms with E-state index in [0.717, 1.165) is 49.9 Å². The predicted molar refractivity (Wildman–Crippen MR) is 106 cm³/mol. The highest BCUT2D eigenvalue weighted by Gasteiger charge is 2.44. The molecule has 2 aliphatic rings. The number of aliphatic imine (C=N–C) groups is 1. The number of ether oxygens (including phenoxy) is 2. The number of fused-ring (bicyclic) bond motifs is 1. The lowest BCUT2D eigenvalue weighted by Gasteiger charge is -2.23. The first-order valence-electron chi connectivity index (χ1n) is 9.61. The van der Waals surface area contributed by atoms with Gasteiger partial charge in [-0.1, -0.05) is 6.07 Å². The van der Waals surface area contributed by atoms with Crippen LogP contribution >= 0.6 is 0 Å². The molecule has 6 nitrogen and oxygen atoms in total. The maximum absolute atomic E-state index is 5.55. The normalized spacial score (nSPS) is 17.1. The number of nitrogens with one attached hydrogen (secondary N) is 1. The number of rotatable bonds is 6. The van der Waals surface area contributed by atoms with Crippen LogP contribution in [0.2, 0.25) is 0 Å². The Morgan fingerprint density at radius 2 is 2.07 bits per heavy atom. The van der Waals surface area contributed by atoms with Gasteiger partial charge in [0.25, 0.3) is 0 Å². The van der Waals surface area contributed by atoms with Crippen molar-refractivity contribution in [1.82, 2.24) is 14.8 Å². The minimum atomic E-state index is 0.132. The van der Waals surface area contributed by atoms with Crippen molar-refractivity contribution >= 4 is 5.96 Å². The van der Waals surface area contributed by atoms with Gasteiger partial charge in [0.2, 0.25) is 6.79 Å². The van der Waals surface area contributed by atoms with Crippen molar-refractivity contribution in [3.05, 3.63) is 47.8 Å². The highest BCUT2D eigenvalue weighted by atomic mass is 16.7. The molecule has 0 spiro atoms. The molecule has 1 aromatic heterocycles. The highest BCUT2D eigenvalue weighted by molar-refractivity contribution is 5.79. The average Bonchev–Trinajstić information content (AvgIpc) is 3.12. The monoisotopic (exact) mass is 368 g/mol. The van der Waals surface area contributed by atoms with Gasteiger partial charge in [-0.3, -0.25) is 4.99 Å². The lowest BCUT2D eigenvalue weighted by molar-refractivity contribution is 0.174. The van der Waals surface area contributed by atoms with Crippen molar-refractivity contribution in [2.45, 2.75) is 31.7 Å². The maximum Gasteiger partial charge on any atom is 0.231 e. The van der Waals surface area contributed by atoms with E-state index in [0.29, 0.717) is 6.79 Å². The number of hydrogen-bond acceptors (Lipinski definition) is 3. The quantitative estimate of drug-likeness (QED) is 0.629. The molecule has 1 aliphatic carbocycles. The van der Waals surface area contributed by atoms with E-state index in [4.69, 9.17) is 14.5 Å². The second-order valence-corrected chi connectivity index (χ2v) is 7.49. The van der Waals surface area contributed by atoms with Crippen molar-refractivity contribution in [2.75, 3.05) is 26.9 Å². The molecule has 0 bridgehead atoms. The number of nitrogens with zero attached hydrogens (tertiary/aromatic N) is 3. The van der Waals surface area contributed by atoms with Crippen LogP contribution in [-0.2, 0) is 19.0 Å². The van der Waals surface area contributed by atoms with Crippen LogP contribution in [0, 0.1) is 0 Å². The number of benzene rings is 1. The fourth-order valence-corrected chi connectivity index (χ4v) is 3.59. The first kappa shape index (κ1) is 17.8. The second-order valence-electron chi connectivity index (χ2n) is 7.49. The minimum absolute atomic E-state index is 0.132. The SMILES string of the molecule is CCNC(=NCC1(c2ccc3c(c2)OCO3)CC1)N(C)Cc1cccn1C. The number of aromatic nitrogens is 1. The Balaban J connectivity index is 1.49. The molecule has 0 radical (unpaired) electrons. The predicted octanol–water partition coefficient (Wildman–Crippen LogP) is 2.88. The Morgan fingerprint density at radius 1 is 1.26 bits per heavy atom. The van der Waals surface area contributed by atoms with Gasteiger partial charge in [0.1, 0.15) is 0 Å². The maximum atomic E-state index is 5.55. The van der Waals surface area contributed by atoms with E-state index in [2.05, 4.69) is 66.3 Å². The molecular weight excluding hydrogens is 340 g/mol. The van der Waals surface area contributed by atoms with Crippen LogP contribution in [0.25, 0.3) is 0 Å². The van der Waals surface area contributed by atoms with E-state index in [1.807, 2.05) is 6.07 Å². The molecule has 27 heavy (non-hydrogen) atoms. The summed E-state index contributed by atoms with van der Waals surface area (Å²) in [6.07, 6.45) is 4.40. The third-order valence-corrected chi connectivity index (χ3v) is 5.52. The van der Waals surface area contributed by atoms with Gasteiger partial charge in [-0.15, -0.1) is 0 Å². The van der Waals surface area contributed by atoms with Crippen molar-refractivity contribution < 1.29 is 9.47 Å². The molecule has 6 heteroatoms. The average molecular weight is 368 g/mol. The summed E-state index contributed by atoms with van der Waals surface area (Å²) < 4.78 is 13.1. The third kappa shape index (κ3) is 3.61. The Bertz CT molecular complexity index is 838. The fourth-order valence-electron chi connectivity index (χ4n) is 3.59. The van der Waals surface area contributed by atoms with E-state index in [1.54, 1.807) is 0 Å². The summed E-state index contributed by atoms with van der Waals surface area (Å²) in [4.78, 5) is 7.17. The van der Waals surface area contributed by atoms with Gasteiger partial charge < -0.3 is 24.3 Å². The lowest BCUT2D eigenvalue weighted by Crippen LogP contribution is -2.39. The number of aryl methyl sites for hydroxylation is 1. The van der Waals surface area contributed by atoms with Crippen LogP contribution in [0.1, 0.15) is 31.0 Å². The van der Waals surface area contributed by atoms with Crippen LogP contribution in [0.4, 0.5) is 0 Å². The van der Waals surface area contributed by atoms with Crippen LogP contribution in [0.5, 0.6) is 11.5 Å². The zero-order chi connectivity index (χ0) is 18.9. The summed E-state index contributed by atoms with van der Waals surface area (Å²) in [5.41, 5.74) is 2.70. The molecule has 2 heterocycles. The molecule has 2 aromatic rings. The molecule has 0 amide bonds. The highest BCUT2D eigenvalue weighted by Crippen LogP contribution is 2.50. The molecule has 1 aliphatic heterocycles. The molecule has 0 saturated heterocycles. The number of guanidine groups is 1. The van der Waals surface area contributed by atoms with E-state index >= 15 is 0 Å². The first-order chi connectivity index (χ1) is 13.1. The van der Waals surface area contributed by atoms with Crippen LogP contribution in [-0.4, -0.2) is 42.4 Å². The summed E-state index contributed by atoms with van der Waals surface area (Å²) in [6.45, 7) is 4.89. The van der Waals surface area contributed by atoms with Crippen molar-refractivity contribution in [3.63, 3.8) is 0 Å². The van der Waals surface area contributed by atoms with Gasteiger partial charge in [-0.25, -0.2) is 0 Å². The van der Waals surface area contributed by atoms with Crippen molar-refractivity contribution in [2.24, 2.45) is 12.0 Å². The van der Waals surface area contributed by atoms with E-state index in [-0.39, 0.29) is 5.41 Å². The van der Waals surface area contributed by atoms with Crippen LogP contribution < -0.4 is 14.8 Å². The second kappa shape index (κ2) is 7.18. The standard InChI is InChI=1S/C21H28N4O2/c1-4-22-20(25(3)13-17-6-5-11-24(17)2)23-14-21(9-10-21)16-7-8-18-19(12-16)27-15-26-18/h5-8,11-12H,4,9-10,13-15H2,1-3H3,(H,22,23). The van der Waals surface area contributed by atoms with Crippen molar-refractivity contribution in [3.8, 4) is 11.5 Å². The van der Waals surface area contributed by atoms with Gasteiger partial charge in [0.15, 0.2) is 17.5 Å². The fraction of sp³-hybridized carbons (Fsp3) is 0.476. The van der Waals surface area contributed by atoms with E-state index in [1.165, 1.54) is 11.3 Å². The Kier molecular flexibility index (Phi) is 4.72. The smallest absolute Gasteiger partial charge is 0.231 e. The van der Waals surface area contributed by atoms with Crippen molar-refractivity contribution in [1.29, 1.82) is 0 Å². The summed E-state index contributed by atoms with van der Waals surface area (Å²) in [5.74, 6) is 2.65. The third-order valence-electron chi connectivity index (χ3n) is 5.52. The molecule has 1 aromatic carbocycles. The Labute approximate surface area is 160 Å². The molecule has 1 N–H and O–H groups in total. The van der Waals surface area contributed by atoms with E-state index < -0.39 is 0 Å². The summed E-state index contributed by atoms with van der Waals surface area (Å²) in [6, 6.07) is 10.5. The zero-order valence-electron chi connectivity index (χ0n) is 16.4. The Hall–Kier alpha value is -2.63. The number of hydrogen-bond donors (Lipinski definition) is 1. The van der Waals surface area contributed by atoms with Crippen LogP contribution in [0.3, 0.4) is 0 Å². The molecule has 1 fully saturated rings. The lowest BCUT2D eigenvalue weighted by atomic mass is 9.96.